The predicted octanol–water partition coefficient (Wildman–Crippen LogP) is 3.77. The van der Waals surface area contributed by atoms with Crippen molar-refractivity contribution in [3.8, 4) is 11.5 Å². The lowest BCUT2D eigenvalue weighted by Gasteiger charge is -2.24. The quantitative estimate of drug-likeness (QED) is 0.573. The van der Waals surface area contributed by atoms with E-state index in [4.69, 9.17) is 13.7 Å². The SMILES string of the molecule is CCOc1cc(C2C(C(=O)c3ccc(C)o3)=C(O)C(=O)N2c2cc(C)on2)ccc1O. The number of phenolic OH excluding ortho intramolecular Hbond substituents is 1. The fourth-order valence-corrected chi connectivity index (χ4v) is 3.52. The van der Waals surface area contributed by atoms with Gasteiger partial charge in [0.15, 0.2) is 28.8 Å². The van der Waals surface area contributed by atoms with Crippen LogP contribution in [0.3, 0.4) is 0 Å². The number of furan rings is 1. The smallest absolute Gasteiger partial charge is 0.295 e. The van der Waals surface area contributed by atoms with Gasteiger partial charge in [0.25, 0.3) is 5.91 Å². The Labute approximate surface area is 177 Å². The number of carbonyl (C=O) groups is 2. The van der Waals surface area contributed by atoms with E-state index in [0.717, 1.165) is 4.90 Å². The summed E-state index contributed by atoms with van der Waals surface area (Å²) in [5.41, 5.74) is 0.249. The second-order valence-electron chi connectivity index (χ2n) is 7.04. The number of aliphatic hydroxyl groups excluding tert-OH is 1. The minimum Gasteiger partial charge on any atom is -0.504 e. The summed E-state index contributed by atoms with van der Waals surface area (Å²) in [6.07, 6.45) is 0. The molecule has 1 aliphatic rings. The Morgan fingerprint density at radius 2 is 1.94 bits per heavy atom. The van der Waals surface area contributed by atoms with Gasteiger partial charge in [-0.1, -0.05) is 11.2 Å². The van der Waals surface area contributed by atoms with Crippen molar-refractivity contribution in [3.63, 3.8) is 0 Å². The topological polar surface area (TPSA) is 126 Å². The van der Waals surface area contributed by atoms with Crippen LogP contribution < -0.4 is 9.64 Å². The van der Waals surface area contributed by atoms with E-state index in [0.29, 0.717) is 23.7 Å². The minimum atomic E-state index is -1.05. The highest BCUT2D eigenvalue weighted by molar-refractivity contribution is 6.20. The average Bonchev–Trinajstić information content (AvgIpc) is 3.42. The molecule has 3 heterocycles. The number of hydrogen-bond donors (Lipinski definition) is 2. The van der Waals surface area contributed by atoms with E-state index in [2.05, 4.69) is 5.16 Å². The lowest BCUT2D eigenvalue weighted by molar-refractivity contribution is -0.117. The van der Waals surface area contributed by atoms with E-state index in [1.165, 1.54) is 30.3 Å². The van der Waals surface area contributed by atoms with Crippen molar-refractivity contribution in [1.29, 1.82) is 0 Å². The molecule has 9 heteroatoms. The molecule has 0 spiro atoms. The summed E-state index contributed by atoms with van der Waals surface area (Å²) in [6.45, 7) is 5.40. The van der Waals surface area contributed by atoms with Crippen LogP contribution in [0, 0.1) is 13.8 Å². The van der Waals surface area contributed by atoms with Gasteiger partial charge in [-0.05, 0) is 50.6 Å². The summed E-state index contributed by atoms with van der Waals surface area (Å²) in [5, 5.41) is 24.6. The molecule has 9 nitrogen and oxygen atoms in total. The van der Waals surface area contributed by atoms with Gasteiger partial charge in [0.1, 0.15) is 11.5 Å². The van der Waals surface area contributed by atoms with Gasteiger partial charge >= 0.3 is 0 Å². The highest BCUT2D eigenvalue weighted by atomic mass is 16.5. The third-order valence-electron chi connectivity index (χ3n) is 4.88. The van der Waals surface area contributed by atoms with E-state index >= 15 is 0 Å². The van der Waals surface area contributed by atoms with Crippen molar-refractivity contribution in [1.82, 2.24) is 5.16 Å². The van der Waals surface area contributed by atoms with Crippen LogP contribution in [0.1, 0.15) is 40.6 Å². The van der Waals surface area contributed by atoms with Crippen LogP contribution in [-0.2, 0) is 4.79 Å². The van der Waals surface area contributed by atoms with Gasteiger partial charge in [-0.15, -0.1) is 0 Å². The number of amides is 1. The van der Waals surface area contributed by atoms with Crippen molar-refractivity contribution in [2.45, 2.75) is 26.8 Å². The molecule has 4 rings (SSSR count). The zero-order valence-electron chi connectivity index (χ0n) is 17.1. The van der Waals surface area contributed by atoms with Gasteiger partial charge in [-0.2, -0.15) is 0 Å². The number of aromatic hydroxyl groups is 1. The number of phenols is 1. The monoisotopic (exact) mass is 424 g/mol. The molecule has 0 fully saturated rings. The molecule has 0 radical (unpaired) electrons. The molecule has 0 saturated heterocycles. The second-order valence-corrected chi connectivity index (χ2v) is 7.04. The Kier molecular flexibility index (Phi) is 5.02. The molecular weight excluding hydrogens is 404 g/mol. The summed E-state index contributed by atoms with van der Waals surface area (Å²) in [6, 6.07) is 8.01. The Bertz CT molecular complexity index is 1200. The second kappa shape index (κ2) is 7.67. The molecule has 3 aromatic rings. The number of Topliss-reactive ketones (excluding diaryl/α,β-unsaturated/α-hetero) is 1. The van der Waals surface area contributed by atoms with Gasteiger partial charge in [0.05, 0.1) is 18.2 Å². The summed E-state index contributed by atoms with van der Waals surface area (Å²) >= 11 is 0. The van der Waals surface area contributed by atoms with Gasteiger partial charge < -0.3 is 23.9 Å². The zero-order chi connectivity index (χ0) is 22.3. The number of hydrogen-bond acceptors (Lipinski definition) is 8. The summed E-state index contributed by atoms with van der Waals surface area (Å²) in [7, 11) is 0. The molecule has 1 atom stereocenters. The number of carbonyl (C=O) groups excluding carboxylic acids is 2. The summed E-state index contributed by atoms with van der Waals surface area (Å²) in [4.78, 5) is 27.4. The van der Waals surface area contributed by atoms with E-state index in [1.54, 1.807) is 26.8 Å². The van der Waals surface area contributed by atoms with Crippen molar-refractivity contribution in [2.24, 2.45) is 0 Å². The van der Waals surface area contributed by atoms with Crippen LogP contribution in [0.2, 0.25) is 0 Å². The largest absolute Gasteiger partial charge is 0.504 e. The van der Waals surface area contributed by atoms with Crippen LogP contribution in [0.5, 0.6) is 11.5 Å². The van der Waals surface area contributed by atoms with Crippen molar-refractivity contribution in [3.05, 3.63) is 70.6 Å². The number of rotatable bonds is 6. The molecule has 1 aromatic carbocycles. The Morgan fingerprint density at radius 3 is 2.55 bits per heavy atom. The molecule has 2 N–H and O–H groups in total. The maximum absolute atomic E-state index is 13.2. The molecular formula is C22H20N2O7. The van der Waals surface area contributed by atoms with Crippen molar-refractivity contribution < 1.29 is 33.5 Å². The first-order valence-electron chi connectivity index (χ1n) is 9.58. The van der Waals surface area contributed by atoms with Crippen LogP contribution in [0.25, 0.3) is 0 Å². The first-order valence-corrected chi connectivity index (χ1v) is 9.58. The van der Waals surface area contributed by atoms with Gasteiger partial charge in [-0.3, -0.25) is 14.5 Å². The molecule has 0 aliphatic carbocycles. The van der Waals surface area contributed by atoms with Gasteiger partial charge in [0.2, 0.25) is 5.78 Å². The highest BCUT2D eigenvalue weighted by Gasteiger charge is 2.46. The molecule has 0 bridgehead atoms. The number of aryl methyl sites for hydroxylation is 2. The van der Waals surface area contributed by atoms with Gasteiger partial charge in [-0.25, -0.2) is 0 Å². The number of nitrogens with zero attached hydrogens (tertiary/aromatic N) is 2. The maximum atomic E-state index is 13.2. The fourth-order valence-electron chi connectivity index (χ4n) is 3.52. The summed E-state index contributed by atoms with van der Waals surface area (Å²) < 4.78 is 16.0. The number of ketones is 1. The minimum absolute atomic E-state index is 0.0150. The highest BCUT2D eigenvalue weighted by Crippen LogP contribution is 2.43. The van der Waals surface area contributed by atoms with E-state index in [9.17, 15) is 19.8 Å². The summed E-state index contributed by atoms with van der Waals surface area (Å²) in [5.74, 6) is -1.01. The third kappa shape index (κ3) is 3.43. The first-order chi connectivity index (χ1) is 14.8. The number of aliphatic hydroxyl groups is 1. The molecule has 160 valence electrons. The lowest BCUT2D eigenvalue weighted by Crippen LogP contribution is -2.31. The van der Waals surface area contributed by atoms with E-state index in [1.807, 2.05) is 0 Å². The third-order valence-corrected chi connectivity index (χ3v) is 4.88. The van der Waals surface area contributed by atoms with Crippen LogP contribution in [-0.4, -0.2) is 33.7 Å². The number of ether oxygens (including phenoxy) is 1. The standard InChI is InChI=1S/C22H20N2O7/c1-4-29-16-10-13(6-7-14(16)25)19-18(20(26)15-8-5-11(2)30-15)21(27)22(28)24(19)17-9-12(3)31-23-17/h5-10,19,25,27H,4H2,1-3H3. The average molecular weight is 424 g/mol. The molecule has 1 amide bonds. The van der Waals surface area contributed by atoms with Crippen molar-refractivity contribution >= 4 is 17.5 Å². The van der Waals surface area contributed by atoms with E-state index < -0.39 is 23.5 Å². The Hall–Kier alpha value is -4.01. The fraction of sp³-hybridized carbons (Fsp3) is 0.227. The zero-order valence-corrected chi connectivity index (χ0v) is 17.1. The first kappa shape index (κ1) is 20.3. The molecule has 31 heavy (non-hydrogen) atoms. The number of benzene rings is 1. The van der Waals surface area contributed by atoms with Crippen molar-refractivity contribution in [2.75, 3.05) is 11.5 Å². The van der Waals surface area contributed by atoms with Crippen LogP contribution >= 0.6 is 0 Å². The molecule has 1 unspecified atom stereocenters. The molecule has 0 saturated carbocycles. The van der Waals surface area contributed by atoms with Crippen LogP contribution in [0.15, 0.2) is 56.7 Å². The maximum Gasteiger partial charge on any atom is 0.295 e. The van der Waals surface area contributed by atoms with E-state index in [-0.39, 0.29) is 28.7 Å². The number of anilines is 1. The van der Waals surface area contributed by atoms with Gasteiger partial charge in [0, 0.05) is 6.07 Å². The lowest BCUT2D eigenvalue weighted by atomic mass is 9.94. The molecule has 2 aromatic heterocycles. The van der Waals surface area contributed by atoms with Crippen LogP contribution in [0.4, 0.5) is 5.82 Å². The predicted molar refractivity (Wildman–Crippen MR) is 108 cm³/mol. The Balaban J connectivity index is 1.89. The number of aromatic nitrogens is 1. The Morgan fingerprint density at radius 1 is 1.16 bits per heavy atom. The molecule has 1 aliphatic heterocycles. The normalized spacial score (nSPS) is 16.3.